The molecule has 1 amide bonds. The third-order valence-electron chi connectivity index (χ3n) is 3.77. The number of cyclic esters (lactones) is 1. The lowest BCUT2D eigenvalue weighted by Gasteiger charge is -2.13. The van der Waals surface area contributed by atoms with E-state index < -0.39 is 22.2 Å². The monoisotopic (exact) mass is 346 g/mol. The van der Waals surface area contributed by atoms with E-state index in [1.54, 1.807) is 18.2 Å². The molecule has 1 atom stereocenters. The van der Waals surface area contributed by atoms with Crippen LogP contribution in [0.25, 0.3) is 0 Å². The average molecular weight is 346 g/mol. The van der Waals surface area contributed by atoms with Gasteiger partial charge in [0.2, 0.25) is 10.0 Å². The van der Waals surface area contributed by atoms with Crippen molar-refractivity contribution in [2.75, 3.05) is 18.0 Å². The summed E-state index contributed by atoms with van der Waals surface area (Å²) >= 11 is 0. The van der Waals surface area contributed by atoms with Crippen LogP contribution in [-0.4, -0.2) is 33.7 Å². The van der Waals surface area contributed by atoms with Crippen molar-refractivity contribution < 1.29 is 17.9 Å². The molecule has 1 aliphatic heterocycles. The number of carbonyl (C=O) groups is 1. The zero-order valence-corrected chi connectivity index (χ0v) is 14.0. The summed E-state index contributed by atoms with van der Waals surface area (Å²) in [6.07, 6.45) is -1.000. The Bertz CT molecular complexity index is 819. The number of sulfonamides is 1. The van der Waals surface area contributed by atoms with Crippen LogP contribution in [0.3, 0.4) is 0 Å². The Morgan fingerprint density at radius 2 is 1.79 bits per heavy atom. The largest absolute Gasteiger partial charge is 0.443 e. The Morgan fingerprint density at radius 1 is 1.12 bits per heavy atom. The third-order valence-corrected chi connectivity index (χ3v) is 5.21. The van der Waals surface area contributed by atoms with Gasteiger partial charge in [-0.25, -0.2) is 17.9 Å². The summed E-state index contributed by atoms with van der Waals surface area (Å²) in [5.74, 6) is 0. The standard InChI is InChI=1S/C17H18N2O4S/c1-13-7-9-14(10-8-13)19-12-15(23-17(19)20)11-18-24(21,22)16-5-3-2-4-6-16/h2-10,15,18H,11-12H2,1H3. The minimum Gasteiger partial charge on any atom is -0.443 e. The number of anilines is 1. The first-order valence-corrected chi connectivity index (χ1v) is 9.03. The Balaban J connectivity index is 1.63. The molecule has 0 aliphatic carbocycles. The lowest BCUT2D eigenvalue weighted by atomic mass is 10.2. The highest BCUT2D eigenvalue weighted by Crippen LogP contribution is 2.22. The van der Waals surface area contributed by atoms with E-state index >= 15 is 0 Å². The maximum absolute atomic E-state index is 12.2. The van der Waals surface area contributed by atoms with Crippen LogP contribution >= 0.6 is 0 Å². The van der Waals surface area contributed by atoms with Crippen molar-refractivity contribution in [3.05, 3.63) is 60.2 Å². The number of aryl methyl sites for hydroxylation is 1. The first-order chi connectivity index (χ1) is 11.5. The summed E-state index contributed by atoms with van der Waals surface area (Å²) in [6.45, 7) is 2.30. The molecular formula is C17H18N2O4S. The van der Waals surface area contributed by atoms with Crippen LogP contribution in [0.4, 0.5) is 10.5 Å². The number of amides is 1. The van der Waals surface area contributed by atoms with Crippen molar-refractivity contribution >= 4 is 21.8 Å². The molecule has 126 valence electrons. The summed E-state index contributed by atoms with van der Waals surface area (Å²) in [5, 5.41) is 0. The molecule has 24 heavy (non-hydrogen) atoms. The number of rotatable bonds is 5. The Kier molecular flexibility index (Phi) is 4.55. The topological polar surface area (TPSA) is 75.7 Å². The summed E-state index contributed by atoms with van der Waals surface area (Å²) in [6, 6.07) is 15.6. The van der Waals surface area contributed by atoms with E-state index in [1.807, 2.05) is 31.2 Å². The molecular weight excluding hydrogens is 328 g/mol. The summed E-state index contributed by atoms with van der Waals surface area (Å²) < 4.78 is 32.1. The van der Waals surface area contributed by atoms with Crippen LogP contribution in [0.2, 0.25) is 0 Å². The third kappa shape index (κ3) is 3.58. The smallest absolute Gasteiger partial charge is 0.414 e. The molecule has 1 saturated heterocycles. The van der Waals surface area contributed by atoms with Gasteiger partial charge in [0.1, 0.15) is 6.10 Å². The Hall–Kier alpha value is -2.38. The molecule has 1 N–H and O–H groups in total. The number of hydrogen-bond acceptors (Lipinski definition) is 4. The van der Waals surface area contributed by atoms with Gasteiger partial charge in [-0.2, -0.15) is 0 Å². The predicted octanol–water partition coefficient (Wildman–Crippen LogP) is 2.30. The summed E-state index contributed by atoms with van der Waals surface area (Å²) in [4.78, 5) is 13.7. The normalized spacial score (nSPS) is 17.8. The minimum absolute atomic E-state index is 0.0331. The van der Waals surface area contributed by atoms with Crippen molar-refractivity contribution in [1.29, 1.82) is 0 Å². The Morgan fingerprint density at radius 3 is 2.46 bits per heavy atom. The number of carbonyl (C=O) groups excluding carboxylic acids is 1. The average Bonchev–Trinajstić information content (AvgIpc) is 2.96. The zero-order chi connectivity index (χ0) is 17.2. The minimum atomic E-state index is -3.61. The second kappa shape index (κ2) is 6.62. The molecule has 0 bridgehead atoms. The molecule has 0 spiro atoms. The highest BCUT2D eigenvalue weighted by molar-refractivity contribution is 7.89. The van der Waals surface area contributed by atoms with E-state index in [2.05, 4.69) is 4.72 Å². The van der Waals surface area contributed by atoms with E-state index in [9.17, 15) is 13.2 Å². The van der Waals surface area contributed by atoms with Crippen molar-refractivity contribution in [2.24, 2.45) is 0 Å². The molecule has 0 aromatic heterocycles. The van der Waals surface area contributed by atoms with E-state index in [0.29, 0.717) is 6.54 Å². The van der Waals surface area contributed by atoms with E-state index in [-0.39, 0.29) is 11.4 Å². The maximum atomic E-state index is 12.2. The predicted molar refractivity (Wildman–Crippen MR) is 90.4 cm³/mol. The molecule has 7 heteroatoms. The molecule has 0 radical (unpaired) electrons. The first kappa shape index (κ1) is 16.5. The van der Waals surface area contributed by atoms with Gasteiger partial charge in [-0.1, -0.05) is 35.9 Å². The number of hydrogen-bond donors (Lipinski definition) is 1. The number of ether oxygens (including phenoxy) is 1. The Labute approximate surface area is 141 Å². The molecule has 0 saturated carbocycles. The van der Waals surface area contributed by atoms with Crippen molar-refractivity contribution in [1.82, 2.24) is 4.72 Å². The van der Waals surface area contributed by atoms with Crippen LogP contribution < -0.4 is 9.62 Å². The molecule has 1 heterocycles. The van der Waals surface area contributed by atoms with Gasteiger partial charge in [-0.3, -0.25) is 4.90 Å². The van der Waals surface area contributed by atoms with E-state index in [4.69, 9.17) is 4.74 Å². The highest BCUT2D eigenvalue weighted by atomic mass is 32.2. The molecule has 6 nitrogen and oxygen atoms in total. The van der Waals surface area contributed by atoms with Gasteiger partial charge < -0.3 is 4.74 Å². The van der Waals surface area contributed by atoms with Crippen molar-refractivity contribution in [3.8, 4) is 0 Å². The van der Waals surface area contributed by atoms with Gasteiger partial charge >= 0.3 is 6.09 Å². The van der Waals surface area contributed by atoms with E-state index in [0.717, 1.165) is 11.3 Å². The lowest BCUT2D eigenvalue weighted by Crippen LogP contribution is -2.34. The second-order valence-electron chi connectivity index (χ2n) is 5.62. The number of nitrogens with one attached hydrogen (secondary N) is 1. The van der Waals surface area contributed by atoms with E-state index in [1.165, 1.54) is 17.0 Å². The van der Waals surface area contributed by atoms with Gasteiger partial charge in [-0.15, -0.1) is 0 Å². The molecule has 3 rings (SSSR count). The van der Waals surface area contributed by atoms with Crippen molar-refractivity contribution in [3.63, 3.8) is 0 Å². The van der Waals surface area contributed by atoms with Crippen LogP contribution in [0.15, 0.2) is 59.5 Å². The number of nitrogens with zero attached hydrogens (tertiary/aromatic N) is 1. The van der Waals surface area contributed by atoms with Crippen LogP contribution in [0, 0.1) is 6.92 Å². The highest BCUT2D eigenvalue weighted by Gasteiger charge is 2.33. The molecule has 1 unspecified atom stereocenters. The van der Waals surface area contributed by atoms with Gasteiger partial charge in [0.25, 0.3) is 0 Å². The number of benzene rings is 2. The molecule has 1 fully saturated rings. The van der Waals surface area contributed by atoms with Gasteiger partial charge in [0.15, 0.2) is 0 Å². The molecule has 2 aromatic rings. The molecule has 1 aliphatic rings. The fourth-order valence-corrected chi connectivity index (χ4v) is 3.54. The fraction of sp³-hybridized carbons (Fsp3) is 0.235. The summed E-state index contributed by atoms with van der Waals surface area (Å²) in [7, 11) is -3.61. The quantitative estimate of drug-likeness (QED) is 0.901. The second-order valence-corrected chi connectivity index (χ2v) is 7.38. The van der Waals surface area contributed by atoms with Crippen LogP contribution in [-0.2, 0) is 14.8 Å². The van der Waals surface area contributed by atoms with Gasteiger partial charge in [0, 0.05) is 12.2 Å². The fourth-order valence-electron chi connectivity index (χ4n) is 2.45. The zero-order valence-electron chi connectivity index (χ0n) is 13.2. The van der Waals surface area contributed by atoms with Crippen molar-refractivity contribution in [2.45, 2.75) is 17.9 Å². The first-order valence-electron chi connectivity index (χ1n) is 7.55. The van der Waals surface area contributed by atoms with Crippen LogP contribution in [0.5, 0.6) is 0 Å². The SMILES string of the molecule is Cc1ccc(N2CC(CNS(=O)(=O)c3ccccc3)OC2=O)cc1. The lowest BCUT2D eigenvalue weighted by molar-refractivity contribution is 0.143. The maximum Gasteiger partial charge on any atom is 0.414 e. The van der Waals surface area contributed by atoms with Gasteiger partial charge in [0.05, 0.1) is 11.4 Å². The van der Waals surface area contributed by atoms with Gasteiger partial charge in [-0.05, 0) is 31.2 Å². The summed E-state index contributed by atoms with van der Waals surface area (Å²) in [5.41, 5.74) is 1.83. The van der Waals surface area contributed by atoms with Crippen LogP contribution in [0.1, 0.15) is 5.56 Å². The molecule has 2 aromatic carbocycles.